The fourth-order valence-corrected chi connectivity index (χ4v) is 5.65. The molecule has 0 bridgehead atoms. The number of benzene rings is 3. The van der Waals surface area contributed by atoms with Crippen LogP contribution in [0.15, 0.2) is 65.2 Å². The van der Waals surface area contributed by atoms with Crippen molar-refractivity contribution in [2.24, 2.45) is 0 Å². The fraction of sp³-hybridized carbons (Fsp3) is 0.323. The number of anilines is 1. The zero-order chi connectivity index (χ0) is 26.3. The number of aryl methyl sites for hydroxylation is 2. The zero-order valence-electron chi connectivity index (χ0n) is 22.1. The molecule has 0 unspecified atom stereocenters. The summed E-state index contributed by atoms with van der Waals surface area (Å²) in [6, 6.07) is 20.3. The molecule has 7 nitrogen and oxygen atoms in total. The van der Waals surface area contributed by atoms with Crippen LogP contribution in [0.2, 0.25) is 0 Å². The van der Waals surface area contributed by atoms with Gasteiger partial charge in [-0.1, -0.05) is 41.6 Å². The van der Waals surface area contributed by atoms with Crippen molar-refractivity contribution in [2.45, 2.75) is 38.5 Å². The van der Waals surface area contributed by atoms with Crippen molar-refractivity contribution in [1.82, 2.24) is 15.0 Å². The Bertz CT molecular complexity index is 1480. The van der Waals surface area contributed by atoms with Gasteiger partial charge in [0.25, 0.3) is 0 Å². The molecule has 1 amide bonds. The van der Waals surface area contributed by atoms with E-state index in [2.05, 4.69) is 52.5 Å². The summed E-state index contributed by atoms with van der Waals surface area (Å²) in [6.07, 6.45) is 2.52. The number of nitrogens with one attached hydrogen (secondary N) is 1. The summed E-state index contributed by atoms with van der Waals surface area (Å²) in [5, 5.41) is 7.06. The second kappa shape index (κ2) is 9.72. The number of ether oxygens (including phenoxy) is 1. The molecule has 0 radical (unpaired) electrons. The summed E-state index contributed by atoms with van der Waals surface area (Å²) < 4.78 is 11.1. The highest BCUT2D eigenvalue weighted by atomic mass is 16.5. The summed E-state index contributed by atoms with van der Waals surface area (Å²) in [7, 11) is 2.17. The number of piperidine rings is 1. The van der Waals surface area contributed by atoms with E-state index in [1.807, 2.05) is 42.5 Å². The zero-order valence-corrected chi connectivity index (χ0v) is 22.1. The highest BCUT2D eigenvalue weighted by Crippen LogP contribution is 2.45. The average molecular weight is 509 g/mol. The molecule has 0 aliphatic carbocycles. The van der Waals surface area contributed by atoms with Gasteiger partial charge in [0, 0.05) is 29.2 Å². The molecule has 38 heavy (non-hydrogen) atoms. The maximum atomic E-state index is 12.9. The summed E-state index contributed by atoms with van der Waals surface area (Å²) in [5.41, 5.74) is 7.41. The molecule has 6 rings (SSSR count). The molecule has 3 aromatic carbocycles. The topological polar surface area (TPSA) is 80.5 Å². The van der Waals surface area contributed by atoms with Gasteiger partial charge in [0.2, 0.25) is 17.6 Å². The molecule has 0 atom stereocenters. The van der Waals surface area contributed by atoms with Gasteiger partial charge in [-0.2, -0.15) is 4.98 Å². The predicted octanol–water partition coefficient (Wildman–Crippen LogP) is 5.56. The smallest absolute Gasteiger partial charge is 0.228 e. The van der Waals surface area contributed by atoms with Gasteiger partial charge < -0.3 is 19.5 Å². The molecule has 1 saturated heterocycles. The van der Waals surface area contributed by atoms with Gasteiger partial charge in [0.15, 0.2) is 0 Å². The first kappa shape index (κ1) is 24.4. The SMILES string of the molecule is Cc1nc(-c2ccc(-c3ccc(NC(=O)Cc4ccc5c(c4)C4(CCN(C)CC4)CO5)cc3)c(C)c2)no1. The number of carbonyl (C=O) groups is 1. The van der Waals surface area contributed by atoms with Gasteiger partial charge >= 0.3 is 0 Å². The van der Waals surface area contributed by atoms with Gasteiger partial charge in [-0.05, 0) is 86.4 Å². The van der Waals surface area contributed by atoms with Crippen LogP contribution in [0.5, 0.6) is 5.75 Å². The Labute approximate surface area is 222 Å². The van der Waals surface area contributed by atoms with Crippen LogP contribution in [0, 0.1) is 13.8 Å². The lowest BCUT2D eigenvalue weighted by Gasteiger charge is -2.36. The van der Waals surface area contributed by atoms with Crippen LogP contribution in [0.1, 0.15) is 35.4 Å². The van der Waals surface area contributed by atoms with Crippen molar-refractivity contribution < 1.29 is 14.1 Å². The van der Waals surface area contributed by atoms with Crippen LogP contribution < -0.4 is 10.1 Å². The van der Waals surface area contributed by atoms with E-state index in [0.717, 1.165) is 71.8 Å². The third-order valence-corrected chi connectivity index (χ3v) is 7.92. The monoisotopic (exact) mass is 508 g/mol. The number of aromatic nitrogens is 2. The molecule has 2 aliphatic heterocycles. The van der Waals surface area contributed by atoms with E-state index in [0.29, 0.717) is 18.1 Å². The summed E-state index contributed by atoms with van der Waals surface area (Å²) >= 11 is 0. The molecule has 194 valence electrons. The van der Waals surface area contributed by atoms with Crippen molar-refractivity contribution in [3.8, 4) is 28.3 Å². The number of hydrogen-bond donors (Lipinski definition) is 1. The van der Waals surface area contributed by atoms with Crippen molar-refractivity contribution in [2.75, 3.05) is 32.1 Å². The molecule has 0 saturated carbocycles. The van der Waals surface area contributed by atoms with E-state index >= 15 is 0 Å². The minimum absolute atomic E-state index is 0.0232. The lowest BCUT2D eigenvalue weighted by Crippen LogP contribution is -2.41. The van der Waals surface area contributed by atoms with Crippen molar-refractivity contribution in [1.29, 1.82) is 0 Å². The van der Waals surface area contributed by atoms with E-state index in [9.17, 15) is 4.79 Å². The second-order valence-electron chi connectivity index (χ2n) is 10.7. The van der Waals surface area contributed by atoms with Gasteiger partial charge in [-0.3, -0.25) is 4.79 Å². The molecular formula is C31H32N4O3. The van der Waals surface area contributed by atoms with Crippen LogP contribution in [0.25, 0.3) is 22.5 Å². The number of nitrogens with zero attached hydrogens (tertiary/aromatic N) is 3. The third-order valence-electron chi connectivity index (χ3n) is 7.92. The Kier molecular flexibility index (Phi) is 6.24. The van der Waals surface area contributed by atoms with E-state index in [4.69, 9.17) is 9.26 Å². The number of amides is 1. The number of hydrogen-bond acceptors (Lipinski definition) is 6. The highest BCUT2D eigenvalue weighted by molar-refractivity contribution is 5.92. The molecule has 4 aromatic rings. The Morgan fingerprint density at radius 1 is 1.00 bits per heavy atom. The molecular weight excluding hydrogens is 476 g/mol. The van der Waals surface area contributed by atoms with Crippen molar-refractivity contribution >= 4 is 11.6 Å². The Hall–Kier alpha value is -3.97. The fourth-order valence-electron chi connectivity index (χ4n) is 5.65. The molecule has 1 N–H and O–H groups in total. The first-order valence-electron chi connectivity index (χ1n) is 13.1. The first-order chi connectivity index (χ1) is 18.4. The largest absolute Gasteiger partial charge is 0.492 e. The minimum atomic E-state index is -0.0232. The molecule has 3 heterocycles. The number of fused-ring (bicyclic) bond motifs is 2. The number of rotatable bonds is 5. The molecule has 1 aromatic heterocycles. The molecule has 2 aliphatic rings. The van der Waals surface area contributed by atoms with Gasteiger partial charge in [0.1, 0.15) is 5.75 Å². The standard InChI is InChI=1S/C31H32N4O3/c1-20-16-24(30-32-21(2)38-34-30)7-10-26(20)23-5-8-25(9-6-23)33-29(36)18-22-4-11-28-27(17-22)31(19-37-28)12-14-35(3)15-13-31/h4-11,16-17H,12-15,18-19H2,1-3H3,(H,33,36). The lowest BCUT2D eigenvalue weighted by atomic mass is 9.74. The highest BCUT2D eigenvalue weighted by Gasteiger charge is 2.42. The van der Waals surface area contributed by atoms with E-state index in [1.54, 1.807) is 6.92 Å². The number of carbonyl (C=O) groups excluding carboxylic acids is 1. The first-order valence-corrected chi connectivity index (χ1v) is 13.1. The molecule has 7 heteroatoms. The van der Waals surface area contributed by atoms with Gasteiger partial charge in [-0.15, -0.1) is 0 Å². The van der Waals surface area contributed by atoms with Crippen LogP contribution in [0.4, 0.5) is 5.69 Å². The maximum absolute atomic E-state index is 12.9. The summed E-state index contributed by atoms with van der Waals surface area (Å²) in [4.78, 5) is 19.6. The van der Waals surface area contributed by atoms with Crippen LogP contribution >= 0.6 is 0 Å². The van der Waals surface area contributed by atoms with Crippen molar-refractivity contribution in [3.63, 3.8) is 0 Å². The van der Waals surface area contributed by atoms with E-state index in [1.165, 1.54) is 5.56 Å². The third kappa shape index (κ3) is 4.70. The Morgan fingerprint density at radius 3 is 2.47 bits per heavy atom. The lowest BCUT2D eigenvalue weighted by molar-refractivity contribution is -0.115. The minimum Gasteiger partial charge on any atom is -0.492 e. The second-order valence-corrected chi connectivity index (χ2v) is 10.7. The Balaban J connectivity index is 1.12. The summed E-state index contributed by atoms with van der Waals surface area (Å²) in [6.45, 7) is 6.75. The summed E-state index contributed by atoms with van der Waals surface area (Å²) in [5.74, 6) is 2.09. The van der Waals surface area contributed by atoms with Gasteiger partial charge in [0.05, 0.1) is 13.0 Å². The van der Waals surface area contributed by atoms with E-state index < -0.39 is 0 Å². The molecule has 1 fully saturated rings. The molecule has 1 spiro atoms. The van der Waals surface area contributed by atoms with Crippen molar-refractivity contribution in [3.05, 3.63) is 83.2 Å². The van der Waals surface area contributed by atoms with Crippen LogP contribution in [-0.4, -0.2) is 47.7 Å². The van der Waals surface area contributed by atoms with Gasteiger partial charge in [-0.25, -0.2) is 0 Å². The van der Waals surface area contributed by atoms with Crippen LogP contribution in [0.3, 0.4) is 0 Å². The predicted molar refractivity (Wildman–Crippen MR) is 147 cm³/mol. The number of likely N-dealkylation sites (tertiary alicyclic amines) is 1. The maximum Gasteiger partial charge on any atom is 0.228 e. The van der Waals surface area contributed by atoms with E-state index in [-0.39, 0.29) is 11.3 Å². The Morgan fingerprint density at radius 2 is 1.76 bits per heavy atom. The van der Waals surface area contributed by atoms with Crippen LogP contribution in [-0.2, 0) is 16.6 Å². The quantitative estimate of drug-likeness (QED) is 0.380. The average Bonchev–Trinajstić information content (AvgIpc) is 3.50. The normalized spacial score (nSPS) is 16.3.